The molecule has 1 N–H and O–H groups in total. The van der Waals surface area contributed by atoms with E-state index >= 15 is 0 Å². The zero-order chi connectivity index (χ0) is 31.7. The Morgan fingerprint density at radius 1 is 1.02 bits per heavy atom. The predicted molar refractivity (Wildman–Crippen MR) is 175 cm³/mol. The third-order valence-corrected chi connectivity index (χ3v) is 9.86. The molecule has 1 atom stereocenters. The SMILES string of the molecule is CCCCNC(=O)[C@@H](CC)N(Cc1ccc(Cl)cc1Cl)C(=O)CN(c1ccc(C)cc1)S(=O)(=O)c1ccc(OC)c(Br)c1. The first-order chi connectivity index (χ1) is 20.4. The van der Waals surface area contributed by atoms with Crippen LogP contribution in [0.4, 0.5) is 5.69 Å². The fraction of sp³-hybridized carbons (Fsp3) is 0.355. The number of nitrogens with zero attached hydrogens (tertiary/aromatic N) is 2. The number of aryl methyl sites for hydroxylation is 1. The molecule has 3 aromatic rings. The normalized spacial score (nSPS) is 12.0. The highest BCUT2D eigenvalue weighted by Crippen LogP contribution is 2.31. The Bertz CT molecular complexity index is 1540. The Labute approximate surface area is 272 Å². The molecule has 3 aromatic carbocycles. The van der Waals surface area contributed by atoms with Gasteiger partial charge >= 0.3 is 0 Å². The van der Waals surface area contributed by atoms with E-state index in [1.54, 1.807) is 49.4 Å². The molecule has 0 unspecified atom stereocenters. The van der Waals surface area contributed by atoms with Crippen LogP contribution < -0.4 is 14.4 Å². The van der Waals surface area contributed by atoms with Gasteiger partial charge in [0.05, 0.1) is 22.2 Å². The summed E-state index contributed by atoms with van der Waals surface area (Å²) in [7, 11) is -2.76. The van der Waals surface area contributed by atoms with Gasteiger partial charge in [-0.2, -0.15) is 0 Å². The highest BCUT2D eigenvalue weighted by molar-refractivity contribution is 9.10. The second-order valence-electron chi connectivity index (χ2n) is 9.97. The van der Waals surface area contributed by atoms with E-state index in [1.165, 1.54) is 30.2 Å². The summed E-state index contributed by atoms with van der Waals surface area (Å²) >= 11 is 15.9. The molecule has 0 aliphatic heterocycles. The van der Waals surface area contributed by atoms with Gasteiger partial charge in [-0.1, -0.05) is 67.2 Å². The van der Waals surface area contributed by atoms with Gasteiger partial charge in [-0.25, -0.2) is 8.42 Å². The van der Waals surface area contributed by atoms with E-state index in [4.69, 9.17) is 27.9 Å². The van der Waals surface area contributed by atoms with Crippen LogP contribution in [0.1, 0.15) is 44.2 Å². The second kappa shape index (κ2) is 15.8. The van der Waals surface area contributed by atoms with E-state index in [9.17, 15) is 18.0 Å². The highest BCUT2D eigenvalue weighted by Gasteiger charge is 2.34. The van der Waals surface area contributed by atoms with Crippen LogP contribution in [0.5, 0.6) is 5.75 Å². The van der Waals surface area contributed by atoms with E-state index < -0.39 is 28.5 Å². The van der Waals surface area contributed by atoms with Crippen molar-refractivity contribution in [2.24, 2.45) is 0 Å². The first-order valence-electron chi connectivity index (χ1n) is 13.9. The third-order valence-electron chi connectivity index (χ3n) is 6.88. The maximum Gasteiger partial charge on any atom is 0.264 e. The lowest BCUT2D eigenvalue weighted by atomic mass is 10.1. The zero-order valence-corrected chi connectivity index (χ0v) is 28.5. The summed E-state index contributed by atoms with van der Waals surface area (Å²) in [5.41, 5.74) is 1.80. The van der Waals surface area contributed by atoms with Gasteiger partial charge in [-0.3, -0.25) is 13.9 Å². The molecule has 0 bridgehead atoms. The predicted octanol–water partition coefficient (Wildman–Crippen LogP) is 6.99. The van der Waals surface area contributed by atoms with Crippen LogP contribution in [0.2, 0.25) is 10.0 Å². The maximum absolute atomic E-state index is 14.2. The maximum atomic E-state index is 14.2. The van der Waals surface area contributed by atoms with Crippen molar-refractivity contribution in [1.82, 2.24) is 10.2 Å². The number of sulfonamides is 1. The van der Waals surface area contributed by atoms with Gasteiger partial charge in [-0.05, 0) is 83.7 Å². The molecule has 0 heterocycles. The van der Waals surface area contributed by atoms with E-state index in [0.717, 1.165) is 22.7 Å². The fourth-order valence-corrected chi connectivity index (χ4v) is 7.04. The number of carbonyl (C=O) groups is 2. The van der Waals surface area contributed by atoms with Crippen molar-refractivity contribution in [3.05, 3.63) is 86.3 Å². The number of methoxy groups -OCH3 is 1. The Kier molecular flexibility index (Phi) is 12.7. The molecule has 0 saturated carbocycles. The lowest BCUT2D eigenvalue weighted by Gasteiger charge is -2.33. The molecule has 2 amide bonds. The van der Waals surface area contributed by atoms with Crippen LogP contribution in [0.25, 0.3) is 0 Å². The summed E-state index contributed by atoms with van der Waals surface area (Å²) in [6.07, 6.45) is 1.98. The lowest BCUT2D eigenvalue weighted by Crippen LogP contribution is -2.52. The Morgan fingerprint density at radius 2 is 1.72 bits per heavy atom. The van der Waals surface area contributed by atoms with E-state index in [2.05, 4.69) is 21.2 Å². The number of anilines is 1. The monoisotopic (exact) mass is 711 g/mol. The summed E-state index contributed by atoms with van der Waals surface area (Å²) in [4.78, 5) is 28.9. The molecule has 232 valence electrons. The van der Waals surface area contributed by atoms with Crippen molar-refractivity contribution in [2.75, 3.05) is 24.5 Å². The number of rotatable bonds is 14. The van der Waals surface area contributed by atoms with Crippen LogP contribution in [0.3, 0.4) is 0 Å². The molecule has 3 rings (SSSR count). The number of carbonyl (C=O) groups excluding carboxylic acids is 2. The minimum Gasteiger partial charge on any atom is -0.496 e. The molecule has 0 aromatic heterocycles. The highest BCUT2D eigenvalue weighted by atomic mass is 79.9. The smallest absolute Gasteiger partial charge is 0.264 e. The number of amides is 2. The fourth-order valence-electron chi connectivity index (χ4n) is 4.43. The van der Waals surface area contributed by atoms with E-state index in [-0.39, 0.29) is 17.3 Å². The van der Waals surface area contributed by atoms with Gasteiger partial charge in [0, 0.05) is 23.1 Å². The molecule has 0 spiro atoms. The first kappa shape index (κ1) is 34.7. The minimum absolute atomic E-state index is 0.0234. The van der Waals surface area contributed by atoms with Crippen molar-refractivity contribution >= 4 is 66.7 Å². The average molecular weight is 714 g/mol. The number of halogens is 3. The Hall–Kier alpha value is -2.79. The number of unbranched alkanes of at least 4 members (excludes halogenated alkanes) is 1. The molecule has 0 fully saturated rings. The molecular weight excluding hydrogens is 677 g/mol. The van der Waals surface area contributed by atoms with Crippen molar-refractivity contribution in [3.63, 3.8) is 0 Å². The van der Waals surface area contributed by atoms with E-state index in [1.807, 2.05) is 13.8 Å². The summed E-state index contributed by atoms with van der Waals surface area (Å²) in [5.74, 6) is -0.429. The molecule has 8 nitrogen and oxygen atoms in total. The largest absolute Gasteiger partial charge is 0.496 e. The van der Waals surface area contributed by atoms with Gasteiger partial charge in [0.25, 0.3) is 10.0 Å². The quantitative estimate of drug-likeness (QED) is 0.182. The number of ether oxygens (including phenoxy) is 1. The van der Waals surface area contributed by atoms with Crippen LogP contribution in [0.15, 0.2) is 70.0 Å². The lowest BCUT2D eigenvalue weighted by molar-refractivity contribution is -0.140. The van der Waals surface area contributed by atoms with Crippen LogP contribution in [-0.2, 0) is 26.2 Å². The Morgan fingerprint density at radius 3 is 2.30 bits per heavy atom. The topological polar surface area (TPSA) is 96.0 Å². The molecule has 43 heavy (non-hydrogen) atoms. The standard InChI is InChI=1S/C31H36BrCl2N3O5S/c1-5-7-16-35-31(39)28(6-2)36(19-22-10-11-23(33)17-27(22)34)30(38)20-37(24-12-8-21(3)9-13-24)43(40,41)25-14-15-29(42-4)26(32)18-25/h8-15,17-18,28H,5-7,16,19-20H2,1-4H3,(H,35,39)/t28-/m1/s1. The molecule has 0 saturated heterocycles. The molecule has 0 aliphatic rings. The van der Waals surface area contributed by atoms with Crippen molar-refractivity contribution in [1.29, 1.82) is 0 Å². The van der Waals surface area contributed by atoms with E-state index in [0.29, 0.717) is 44.5 Å². The van der Waals surface area contributed by atoms with Crippen LogP contribution in [0, 0.1) is 6.92 Å². The number of nitrogens with one attached hydrogen (secondary N) is 1. The third kappa shape index (κ3) is 8.88. The van der Waals surface area contributed by atoms with Crippen molar-refractivity contribution in [2.45, 2.75) is 57.5 Å². The number of benzene rings is 3. The molecule has 0 aliphatic carbocycles. The molecular formula is C31H36BrCl2N3O5S. The summed E-state index contributed by atoms with van der Waals surface area (Å²) in [5, 5.41) is 3.67. The van der Waals surface area contributed by atoms with Crippen LogP contribution >= 0.6 is 39.1 Å². The van der Waals surface area contributed by atoms with Gasteiger partial charge in [0.15, 0.2) is 0 Å². The number of hydrogen-bond acceptors (Lipinski definition) is 5. The Balaban J connectivity index is 2.08. The molecule has 0 radical (unpaired) electrons. The van der Waals surface area contributed by atoms with Gasteiger partial charge in [0.2, 0.25) is 11.8 Å². The van der Waals surface area contributed by atoms with Crippen molar-refractivity contribution in [3.8, 4) is 5.75 Å². The van der Waals surface area contributed by atoms with Gasteiger partial charge in [-0.15, -0.1) is 0 Å². The summed E-state index contributed by atoms with van der Waals surface area (Å²) in [6.45, 7) is 5.59. The van der Waals surface area contributed by atoms with Crippen molar-refractivity contribution < 1.29 is 22.7 Å². The van der Waals surface area contributed by atoms with Crippen LogP contribution in [-0.4, -0.2) is 51.4 Å². The average Bonchev–Trinajstić information content (AvgIpc) is 2.97. The summed E-state index contributed by atoms with van der Waals surface area (Å²) in [6, 6.07) is 15.3. The first-order valence-corrected chi connectivity index (χ1v) is 16.9. The minimum atomic E-state index is -4.24. The second-order valence-corrected chi connectivity index (χ2v) is 13.5. The zero-order valence-electron chi connectivity index (χ0n) is 24.6. The molecule has 12 heteroatoms. The van der Waals surface area contributed by atoms with Gasteiger partial charge < -0.3 is 15.0 Å². The van der Waals surface area contributed by atoms with Gasteiger partial charge in [0.1, 0.15) is 18.3 Å². The number of hydrogen-bond donors (Lipinski definition) is 1. The summed E-state index contributed by atoms with van der Waals surface area (Å²) < 4.78 is 35.0.